The predicted molar refractivity (Wildman–Crippen MR) is 88.7 cm³/mol. The van der Waals surface area contributed by atoms with Gasteiger partial charge in [-0.1, -0.05) is 12.1 Å². The monoisotopic (exact) mass is 327 g/mol. The van der Waals surface area contributed by atoms with E-state index in [0.29, 0.717) is 12.1 Å². The zero-order chi connectivity index (χ0) is 18.0. The molecule has 0 aliphatic carbocycles. The first-order chi connectivity index (χ1) is 11.3. The Labute approximate surface area is 138 Å². The molecule has 0 aliphatic heterocycles. The van der Waals surface area contributed by atoms with Crippen LogP contribution in [0.1, 0.15) is 21.5 Å². The van der Waals surface area contributed by atoms with E-state index >= 15 is 0 Å². The van der Waals surface area contributed by atoms with Gasteiger partial charge < -0.3 is 10.6 Å². The molecule has 0 aliphatic rings. The Hall–Kier alpha value is -3.34. The molecule has 0 saturated heterocycles. The number of aromatic nitrogens is 2. The van der Waals surface area contributed by atoms with Gasteiger partial charge in [-0.25, -0.2) is 4.79 Å². The molecular weight excluding hydrogens is 310 g/mol. The van der Waals surface area contributed by atoms with Gasteiger partial charge >= 0.3 is 5.69 Å². The zero-order valence-corrected chi connectivity index (χ0v) is 13.6. The highest BCUT2D eigenvalue weighted by molar-refractivity contribution is 5.92. The van der Waals surface area contributed by atoms with E-state index in [-0.39, 0.29) is 11.4 Å². The summed E-state index contributed by atoms with van der Waals surface area (Å²) in [7, 11) is 4.51. The largest absolute Gasteiger partial charge is 0.366 e. The van der Waals surface area contributed by atoms with Gasteiger partial charge in [0.1, 0.15) is 11.9 Å². The summed E-state index contributed by atoms with van der Waals surface area (Å²) in [6.45, 7) is 0.341. The van der Waals surface area contributed by atoms with Crippen molar-refractivity contribution in [2.75, 3.05) is 11.9 Å². The number of carbonyl (C=O) groups excluding carboxylic acids is 1. The highest BCUT2D eigenvalue weighted by Crippen LogP contribution is 2.16. The molecule has 1 heterocycles. The minimum atomic E-state index is -0.633. The summed E-state index contributed by atoms with van der Waals surface area (Å²) in [5.74, 6) is -0.278. The number of nitriles is 1. The van der Waals surface area contributed by atoms with Crippen LogP contribution in [0, 0.1) is 11.3 Å². The van der Waals surface area contributed by atoms with Crippen LogP contribution in [0.25, 0.3) is 0 Å². The van der Waals surface area contributed by atoms with Gasteiger partial charge in [-0.2, -0.15) is 5.26 Å². The van der Waals surface area contributed by atoms with E-state index in [9.17, 15) is 19.6 Å². The summed E-state index contributed by atoms with van der Waals surface area (Å²) in [5, 5.41) is 9.29. The SMILES string of the molecule is CN(Cc1ccc(C(N)=O)cc1)c1c(C#N)c(=O)n(C)c(=O)n1C. The van der Waals surface area contributed by atoms with Crippen molar-refractivity contribution in [2.24, 2.45) is 19.8 Å². The predicted octanol–water partition coefficient (Wildman–Crippen LogP) is -0.309. The Morgan fingerprint density at radius 3 is 2.29 bits per heavy atom. The van der Waals surface area contributed by atoms with Crippen LogP contribution < -0.4 is 21.9 Å². The third-order valence-electron chi connectivity index (χ3n) is 3.77. The fourth-order valence-corrected chi connectivity index (χ4v) is 2.50. The third-order valence-corrected chi connectivity index (χ3v) is 3.77. The van der Waals surface area contributed by atoms with Crippen molar-refractivity contribution in [3.05, 3.63) is 61.8 Å². The number of anilines is 1. The Morgan fingerprint density at radius 2 is 1.79 bits per heavy atom. The summed E-state index contributed by atoms with van der Waals surface area (Å²) in [6.07, 6.45) is 0. The molecule has 0 bridgehead atoms. The van der Waals surface area contributed by atoms with E-state index in [4.69, 9.17) is 5.73 Å². The zero-order valence-electron chi connectivity index (χ0n) is 13.6. The summed E-state index contributed by atoms with van der Waals surface area (Å²) >= 11 is 0. The maximum Gasteiger partial charge on any atom is 0.332 e. The van der Waals surface area contributed by atoms with Crippen molar-refractivity contribution in [1.82, 2.24) is 9.13 Å². The van der Waals surface area contributed by atoms with Crippen LogP contribution in [0.15, 0.2) is 33.9 Å². The Balaban J connectivity index is 2.45. The van der Waals surface area contributed by atoms with Gasteiger partial charge in [0.15, 0.2) is 5.56 Å². The average molecular weight is 327 g/mol. The van der Waals surface area contributed by atoms with E-state index in [2.05, 4.69) is 0 Å². The molecule has 0 radical (unpaired) electrons. The lowest BCUT2D eigenvalue weighted by molar-refractivity contribution is 0.100. The van der Waals surface area contributed by atoms with Crippen molar-refractivity contribution < 1.29 is 4.79 Å². The summed E-state index contributed by atoms with van der Waals surface area (Å²) in [6, 6.07) is 8.51. The first-order valence-electron chi connectivity index (χ1n) is 7.08. The van der Waals surface area contributed by atoms with E-state index in [1.165, 1.54) is 18.7 Å². The number of primary amides is 1. The van der Waals surface area contributed by atoms with Gasteiger partial charge in [0.25, 0.3) is 5.56 Å². The van der Waals surface area contributed by atoms with E-state index in [1.807, 2.05) is 6.07 Å². The first kappa shape index (κ1) is 17.0. The van der Waals surface area contributed by atoms with Gasteiger partial charge in [-0.15, -0.1) is 0 Å². The van der Waals surface area contributed by atoms with E-state index in [1.54, 1.807) is 36.2 Å². The van der Waals surface area contributed by atoms with Crippen molar-refractivity contribution in [2.45, 2.75) is 6.54 Å². The van der Waals surface area contributed by atoms with Crippen LogP contribution in [-0.2, 0) is 20.6 Å². The maximum absolute atomic E-state index is 12.1. The minimum absolute atomic E-state index is 0.101. The van der Waals surface area contributed by atoms with Crippen LogP contribution in [0.5, 0.6) is 0 Å². The number of hydrogen-bond acceptors (Lipinski definition) is 5. The average Bonchev–Trinajstić information content (AvgIpc) is 2.56. The lowest BCUT2D eigenvalue weighted by Crippen LogP contribution is -2.41. The molecule has 2 rings (SSSR count). The fourth-order valence-electron chi connectivity index (χ4n) is 2.50. The standard InChI is InChI=1S/C16H17N5O3/c1-19(9-10-4-6-11(7-5-10)13(18)22)14-12(8-17)15(23)21(3)16(24)20(14)2/h4-7H,9H2,1-3H3,(H2,18,22). The van der Waals surface area contributed by atoms with Gasteiger partial charge in [-0.05, 0) is 17.7 Å². The topological polar surface area (TPSA) is 114 Å². The molecule has 8 nitrogen and oxygen atoms in total. The molecule has 0 fully saturated rings. The van der Waals surface area contributed by atoms with Gasteiger partial charge in [-0.3, -0.25) is 18.7 Å². The maximum atomic E-state index is 12.1. The van der Waals surface area contributed by atoms with Crippen LogP contribution in [0.2, 0.25) is 0 Å². The first-order valence-corrected chi connectivity index (χ1v) is 7.08. The molecule has 0 spiro atoms. The minimum Gasteiger partial charge on any atom is -0.366 e. The molecule has 1 aromatic heterocycles. The number of benzene rings is 1. The van der Waals surface area contributed by atoms with Crippen molar-refractivity contribution in [1.29, 1.82) is 5.26 Å². The molecule has 0 atom stereocenters. The van der Waals surface area contributed by atoms with Gasteiger partial charge in [0.2, 0.25) is 5.91 Å². The summed E-state index contributed by atoms with van der Waals surface area (Å²) in [5.41, 5.74) is 5.18. The van der Waals surface area contributed by atoms with Crippen molar-refractivity contribution in [3.8, 4) is 6.07 Å². The molecule has 1 amide bonds. The molecule has 1 aromatic carbocycles. The molecule has 2 N–H and O–H groups in total. The normalized spacial score (nSPS) is 10.2. The Kier molecular flexibility index (Phi) is 4.55. The highest BCUT2D eigenvalue weighted by Gasteiger charge is 2.18. The van der Waals surface area contributed by atoms with Gasteiger partial charge in [0.05, 0.1) is 0 Å². The van der Waals surface area contributed by atoms with E-state index in [0.717, 1.165) is 10.1 Å². The Morgan fingerprint density at radius 1 is 1.21 bits per heavy atom. The number of nitrogens with two attached hydrogens (primary N) is 1. The molecule has 124 valence electrons. The lowest BCUT2D eigenvalue weighted by atomic mass is 10.1. The Bertz CT molecular complexity index is 948. The number of amides is 1. The quantitative estimate of drug-likeness (QED) is 0.827. The lowest BCUT2D eigenvalue weighted by Gasteiger charge is -2.23. The smallest absolute Gasteiger partial charge is 0.332 e. The van der Waals surface area contributed by atoms with Crippen LogP contribution in [-0.4, -0.2) is 22.1 Å². The number of carbonyl (C=O) groups is 1. The molecule has 8 heteroatoms. The third kappa shape index (κ3) is 2.92. The second-order valence-corrected chi connectivity index (χ2v) is 5.43. The number of hydrogen-bond donors (Lipinski definition) is 1. The number of rotatable bonds is 4. The second-order valence-electron chi connectivity index (χ2n) is 5.43. The fraction of sp³-hybridized carbons (Fsp3) is 0.250. The van der Waals surface area contributed by atoms with E-state index < -0.39 is 17.2 Å². The second kappa shape index (κ2) is 6.42. The van der Waals surface area contributed by atoms with Crippen molar-refractivity contribution in [3.63, 3.8) is 0 Å². The summed E-state index contributed by atoms with van der Waals surface area (Å²) in [4.78, 5) is 36.9. The number of nitrogens with zero attached hydrogens (tertiary/aromatic N) is 4. The highest BCUT2D eigenvalue weighted by atomic mass is 16.2. The molecule has 2 aromatic rings. The molecule has 24 heavy (non-hydrogen) atoms. The molecular formula is C16H17N5O3. The van der Waals surface area contributed by atoms with Crippen molar-refractivity contribution >= 4 is 11.7 Å². The molecule has 0 saturated carbocycles. The van der Waals surface area contributed by atoms with Crippen LogP contribution in [0.3, 0.4) is 0 Å². The van der Waals surface area contributed by atoms with Crippen LogP contribution >= 0.6 is 0 Å². The summed E-state index contributed by atoms with van der Waals surface area (Å²) < 4.78 is 2.16. The molecule has 0 unspecified atom stereocenters. The van der Waals surface area contributed by atoms with Gasteiger partial charge in [0, 0.05) is 33.3 Å². The van der Waals surface area contributed by atoms with Crippen LogP contribution in [0.4, 0.5) is 5.82 Å².